The molecule has 0 saturated heterocycles. The first-order valence-electron chi connectivity index (χ1n) is 19.8. The molecule has 0 aliphatic heterocycles. The minimum Gasteiger partial charge on any atom is -0.346 e. The number of nitrogens with zero attached hydrogens (tertiary/aromatic N) is 6. The molecule has 2 aliphatic carbocycles. The fraction of sp³-hybridized carbons (Fsp3) is 0.390. The number of carbonyl (C=O) groups is 2. The Bertz CT molecular complexity index is 3200. The number of anilines is 1. The molecule has 0 unspecified atom stereocenters. The van der Waals surface area contributed by atoms with E-state index < -0.39 is 148 Å². The van der Waals surface area contributed by atoms with Crippen LogP contribution in [0.25, 0.3) is 22.0 Å². The molecule has 3 aromatic heterocycles. The van der Waals surface area contributed by atoms with Crippen molar-refractivity contribution in [2.24, 2.45) is 5.92 Å². The Morgan fingerprint density at radius 3 is 2.16 bits per heavy atom. The predicted molar refractivity (Wildman–Crippen MR) is 225 cm³/mol. The van der Waals surface area contributed by atoms with Gasteiger partial charge >= 0.3 is 18.4 Å². The van der Waals surface area contributed by atoms with Crippen LogP contribution in [0.2, 0.25) is 5.02 Å². The van der Waals surface area contributed by atoms with Gasteiger partial charge in [0.05, 0.1) is 33.9 Å². The molecule has 3 heterocycles. The minimum atomic E-state index is -5.21. The van der Waals surface area contributed by atoms with E-state index >= 15 is 8.78 Å². The van der Waals surface area contributed by atoms with Crippen molar-refractivity contribution < 1.29 is 70.3 Å². The average molecular weight is 1030 g/mol. The summed E-state index contributed by atoms with van der Waals surface area (Å²) in [7, 11) is -7.56. The summed E-state index contributed by atoms with van der Waals surface area (Å²) in [6.45, 7) is -0.750. The summed E-state index contributed by atoms with van der Waals surface area (Å²) >= 11 is 6.55. The van der Waals surface area contributed by atoms with E-state index in [0.29, 0.717) is 12.3 Å². The SMILES string of the molecule is CNC(=O)N(c1nn(CC(F)(F)F)c2c(-c3ccc(C#CC(C)(C)S(C)(=O)=O)nc3[C@H](Cc3cc(F)cc(F)c3)NC(=O)Cn3nc(C(F)(F)F)c4c3C(F)(F)[C@@H]3C[C@H]43)ccc(Cl)c12)S(C)(=O)=O. The first-order chi connectivity index (χ1) is 31.2. The smallest absolute Gasteiger partial charge is 0.346 e. The van der Waals surface area contributed by atoms with E-state index in [1.165, 1.54) is 13.8 Å². The van der Waals surface area contributed by atoms with E-state index in [-0.39, 0.29) is 42.5 Å². The van der Waals surface area contributed by atoms with Crippen molar-refractivity contribution in [1.29, 1.82) is 0 Å². The molecule has 14 nitrogen and oxygen atoms in total. The van der Waals surface area contributed by atoms with Gasteiger partial charge in [0.15, 0.2) is 21.3 Å². The number of carbonyl (C=O) groups excluding carboxylic acids is 2. The van der Waals surface area contributed by atoms with E-state index in [1.807, 2.05) is 0 Å². The predicted octanol–water partition coefficient (Wildman–Crippen LogP) is 7.40. The number of halogens is 11. The fourth-order valence-corrected chi connectivity index (χ4v) is 9.21. The van der Waals surface area contributed by atoms with Crippen LogP contribution in [0.5, 0.6) is 0 Å². The van der Waals surface area contributed by atoms with Crippen molar-refractivity contribution in [2.75, 3.05) is 23.9 Å². The summed E-state index contributed by atoms with van der Waals surface area (Å²) in [6, 6.07) is 3.48. The zero-order chi connectivity index (χ0) is 50.4. The maximum absolute atomic E-state index is 15.5. The normalized spacial score (nSPS) is 17.2. The van der Waals surface area contributed by atoms with Gasteiger partial charge in [-0.25, -0.2) is 35.4 Å². The van der Waals surface area contributed by atoms with E-state index in [1.54, 1.807) is 0 Å². The van der Waals surface area contributed by atoms with E-state index in [9.17, 15) is 61.5 Å². The van der Waals surface area contributed by atoms with E-state index in [2.05, 4.69) is 37.7 Å². The molecule has 0 spiro atoms. The number of urea groups is 1. The molecular weight excluding hydrogens is 990 g/mol. The van der Waals surface area contributed by atoms with Crippen LogP contribution in [-0.2, 0) is 56.3 Å². The number of amides is 3. The highest BCUT2D eigenvalue weighted by Crippen LogP contribution is 2.68. The van der Waals surface area contributed by atoms with Gasteiger partial charge in [0, 0.05) is 42.0 Å². The second-order valence-electron chi connectivity index (χ2n) is 16.6. The fourth-order valence-electron chi connectivity index (χ4n) is 7.91. The lowest BCUT2D eigenvalue weighted by Crippen LogP contribution is -2.42. The Morgan fingerprint density at radius 2 is 1.59 bits per heavy atom. The molecule has 0 bridgehead atoms. The summed E-state index contributed by atoms with van der Waals surface area (Å²) in [5, 5.41) is 10.7. The van der Waals surface area contributed by atoms with Gasteiger partial charge in [0.1, 0.15) is 40.9 Å². The summed E-state index contributed by atoms with van der Waals surface area (Å²) in [4.78, 5) is 31.6. The third-order valence-corrected chi connectivity index (χ3v) is 14.5. The summed E-state index contributed by atoms with van der Waals surface area (Å²) < 4.78 is 196. The molecule has 1 saturated carbocycles. The van der Waals surface area contributed by atoms with Crippen molar-refractivity contribution in [3.05, 3.63) is 93.0 Å². The second kappa shape index (κ2) is 16.9. The molecule has 68 heavy (non-hydrogen) atoms. The van der Waals surface area contributed by atoms with Crippen molar-refractivity contribution in [3.63, 3.8) is 0 Å². The van der Waals surface area contributed by atoms with Crippen LogP contribution in [0.3, 0.4) is 0 Å². The lowest BCUT2D eigenvalue weighted by atomic mass is 9.93. The quantitative estimate of drug-likeness (QED) is 0.101. The molecule has 7 rings (SSSR count). The zero-order valence-corrected chi connectivity index (χ0v) is 38.1. The first kappa shape index (κ1) is 50.0. The highest BCUT2D eigenvalue weighted by atomic mass is 35.5. The third kappa shape index (κ3) is 9.56. The summed E-state index contributed by atoms with van der Waals surface area (Å²) in [6.07, 6.45) is -9.83. The number of sulfone groups is 1. The standard InChI is InChI=1S/C41H35ClF10N8O6S2/c1-38(2,67(4,63)64)11-10-22-6-7-23(24-8-9-27(42)31-33(24)59(18-39(45,46)47)57-36(31)60(37(62)53-3)68(5,65)66)32(54-22)28(14-19-12-20(43)15-21(44)13-19)55-29(61)17-58-35-30(34(56-58)41(50,51)52)25-16-26(25)40(35,48)49/h6-9,12-13,15,25-26,28H,14,16-18H2,1-5H3,(H,53,62)(H,55,61)/t25-,26+,28-/m0/s1. The van der Waals surface area contributed by atoms with Gasteiger partial charge < -0.3 is 10.6 Å². The lowest BCUT2D eigenvalue weighted by molar-refractivity contribution is -0.143. The molecule has 1 fully saturated rings. The molecule has 2 aliphatic rings. The largest absolute Gasteiger partial charge is 0.435 e. The number of rotatable bonds is 11. The number of sulfonamides is 1. The van der Waals surface area contributed by atoms with Gasteiger partial charge in [-0.2, -0.15) is 49.6 Å². The van der Waals surface area contributed by atoms with Crippen LogP contribution in [0, 0.1) is 29.4 Å². The summed E-state index contributed by atoms with van der Waals surface area (Å²) in [5.41, 5.74) is -5.74. The Morgan fingerprint density at radius 1 is 0.956 bits per heavy atom. The Kier molecular flexibility index (Phi) is 12.4. The van der Waals surface area contributed by atoms with Crippen LogP contribution in [0.1, 0.15) is 66.1 Å². The van der Waals surface area contributed by atoms with Gasteiger partial charge in [-0.05, 0) is 74.4 Å². The zero-order valence-electron chi connectivity index (χ0n) is 35.7. The third-order valence-electron chi connectivity index (χ3n) is 11.2. The van der Waals surface area contributed by atoms with Crippen molar-refractivity contribution >= 4 is 60.1 Å². The van der Waals surface area contributed by atoms with Crippen LogP contribution in [0.4, 0.5) is 54.5 Å². The number of hydrogen-bond acceptors (Lipinski definition) is 9. The van der Waals surface area contributed by atoms with Gasteiger partial charge in [-0.15, -0.1) is 0 Å². The van der Waals surface area contributed by atoms with Crippen LogP contribution in [-0.4, -0.2) is 83.8 Å². The number of benzene rings is 2. The molecule has 2 aromatic carbocycles. The highest BCUT2D eigenvalue weighted by molar-refractivity contribution is 7.93. The second-order valence-corrected chi connectivity index (χ2v) is 21.4. The van der Waals surface area contributed by atoms with E-state index in [4.69, 9.17) is 11.6 Å². The van der Waals surface area contributed by atoms with Crippen molar-refractivity contribution in [2.45, 2.75) is 74.8 Å². The number of nitrogens with one attached hydrogen (secondary N) is 2. The molecule has 5 aromatic rings. The highest BCUT2D eigenvalue weighted by Gasteiger charge is 2.68. The molecule has 0 radical (unpaired) electrons. The number of aromatic nitrogens is 5. The number of hydrogen-bond donors (Lipinski definition) is 2. The minimum absolute atomic E-state index is 0.0456. The van der Waals surface area contributed by atoms with Crippen LogP contribution in [0.15, 0.2) is 42.5 Å². The number of pyridine rings is 1. The van der Waals surface area contributed by atoms with Gasteiger partial charge in [-0.3, -0.25) is 14.2 Å². The maximum atomic E-state index is 15.5. The Hall–Kier alpha value is -5.94. The molecule has 3 amide bonds. The van der Waals surface area contributed by atoms with Crippen LogP contribution < -0.4 is 14.9 Å². The topological polar surface area (TPSA) is 178 Å². The van der Waals surface area contributed by atoms with Crippen molar-refractivity contribution in [3.8, 4) is 23.0 Å². The maximum Gasteiger partial charge on any atom is 0.435 e. The molecule has 3 atom stereocenters. The lowest BCUT2D eigenvalue weighted by Gasteiger charge is -2.23. The Balaban J connectivity index is 1.49. The van der Waals surface area contributed by atoms with Crippen molar-refractivity contribution in [1.82, 2.24) is 35.2 Å². The Labute approximate surface area is 385 Å². The van der Waals surface area contributed by atoms with Gasteiger partial charge in [0.25, 0.3) is 5.92 Å². The van der Waals surface area contributed by atoms with Crippen LogP contribution >= 0.6 is 11.6 Å². The number of fused-ring (bicyclic) bond motifs is 4. The first-order valence-corrected chi connectivity index (χ1v) is 23.9. The monoisotopic (exact) mass is 1020 g/mol. The molecular formula is C41H35ClF10N8O6S2. The van der Waals surface area contributed by atoms with Gasteiger partial charge in [0.2, 0.25) is 15.9 Å². The average Bonchev–Trinajstić information content (AvgIpc) is 3.71. The molecule has 2 N–H and O–H groups in total. The summed E-state index contributed by atoms with van der Waals surface area (Å²) in [5.74, 6) is -5.91. The van der Waals surface area contributed by atoms with E-state index in [0.717, 1.165) is 49.7 Å². The molecule has 27 heteroatoms. The number of alkyl halides is 8. The van der Waals surface area contributed by atoms with Gasteiger partial charge in [-0.1, -0.05) is 23.6 Å². The molecule has 364 valence electrons.